The molecule has 1 saturated carbocycles. The first-order chi connectivity index (χ1) is 12.7. The van der Waals surface area contributed by atoms with E-state index in [0.717, 1.165) is 37.3 Å². The molecule has 0 bridgehead atoms. The molecule has 2 heterocycles. The van der Waals surface area contributed by atoms with Crippen molar-refractivity contribution in [1.82, 2.24) is 15.2 Å². The van der Waals surface area contributed by atoms with E-state index >= 15 is 0 Å². The third kappa shape index (κ3) is 6.76. The normalized spacial score (nSPS) is 23.2. The molecule has 2 fully saturated rings. The Hall–Kier alpha value is -0.570. The predicted octanol–water partition coefficient (Wildman–Crippen LogP) is 4.24. The second kappa shape index (κ2) is 11.4. The Morgan fingerprint density at radius 2 is 2.00 bits per heavy atom. The molecule has 0 radical (unpaired) electrons. The van der Waals surface area contributed by atoms with Crippen molar-refractivity contribution in [2.75, 3.05) is 45.2 Å². The third-order valence-corrected chi connectivity index (χ3v) is 6.77. The first-order valence-electron chi connectivity index (χ1n) is 10.3. The van der Waals surface area contributed by atoms with Gasteiger partial charge in [0.15, 0.2) is 11.1 Å². The van der Waals surface area contributed by atoms with Crippen LogP contribution < -0.4 is 10.2 Å². The molecule has 0 unspecified atom stereocenters. The van der Waals surface area contributed by atoms with Crippen LogP contribution in [0.15, 0.2) is 10.4 Å². The van der Waals surface area contributed by atoms with Crippen LogP contribution in [-0.4, -0.2) is 56.1 Å². The summed E-state index contributed by atoms with van der Waals surface area (Å²) < 4.78 is 0. The van der Waals surface area contributed by atoms with Crippen molar-refractivity contribution in [3.05, 3.63) is 11.1 Å². The summed E-state index contributed by atoms with van der Waals surface area (Å²) in [5.41, 5.74) is 1.20. The number of anilines is 1. The van der Waals surface area contributed by atoms with Gasteiger partial charge in [-0.05, 0) is 37.5 Å². The molecule has 1 N–H and O–H groups in total. The standard InChI is InChI=1S/C20H35N5S.HI/c1-16-6-8-17(9-7-16)14-24(3)19(21-2)22-11-10-18-15-26-20(23-18)25-12-4-5-13-25;/h15-17H,4-14H2,1-3H3,(H,21,22);1H. The van der Waals surface area contributed by atoms with Crippen molar-refractivity contribution in [1.29, 1.82) is 0 Å². The van der Waals surface area contributed by atoms with Crippen LogP contribution in [0.1, 0.15) is 51.1 Å². The van der Waals surface area contributed by atoms with Crippen molar-refractivity contribution < 1.29 is 0 Å². The minimum absolute atomic E-state index is 0. The maximum absolute atomic E-state index is 4.81. The van der Waals surface area contributed by atoms with E-state index < -0.39 is 0 Å². The van der Waals surface area contributed by atoms with Crippen molar-refractivity contribution >= 4 is 46.4 Å². The van der Waals surface area contributed by atoms with Crippen molar-refractivity contribution in [2.24, 2.45) is 16.8 Å². The van der Waals surface area contributed by atoms with E-state index in [-0.39, 0.29) is 24.0 Å². The van der Waals surface area contributed by atoms with Crippen LogP contribution in [0, 0.1) is 11.8 Å². The van der Waals surface area contributed by atoms with E-state index in [1.807, 2.05) is 7.05 Å². The summed E-state index contributed by atoms with van der Waals surface area (Å²) in [7, 11) is 4.05. The molecule has 27 heavy (non-hydrogen) atoms. The van der Waals surface area contributed by atoms with Gasteiger partial charge in [0.05, 0.1) is 5.69 Å². The number of rotatable bonds is 6. The van der Waals surface area contributed by atoms with Crippen LogP contribution in [0.5, 0.6) is 0 Å². The molecule has 5 nitrogen and oxygen atoms in total. The highest BCUT2D eigenvalue weighted by atomic mass is 127. The van der Waals surface area contributed by atoms with Gasteiger partial charge in [0.1, 0.15) is 0 Å². The van der Waals surface area contributed by atoms with Gasteiger partial charge >= 0.3 is 0 Å². The zero-order valence-electron chi connectivity index (χ0n) is 17.1. The summed E-state index contributed by atoms with van der Waals surface area (Å²) in [6.45, 7) is 6.73. The Kier molecular flexibility index (Phi) is 9.62. The summed E-state index contributed by atoms with van der Waals surface area (Å²) >= 11 is 1.79. The maximum atomic E-state index is 4.81. The average Bonchev–Trinajstić information content (AvgIpc) is 3.32. The summed E-state index contributed by atoms with van der Waals surface area (Å²) in [6, 6.07) is 0. The molecule has 0 amide bonds. The molecule has 0 atom stereocenters. The Bertz CT molecular complexity index is 577. The van der Waals surface area contributed by atoms with E-state index in [4.69, 9.17) is 4.98 Å². The lowest BCUT2D eigenvalue weighted by Crippen LogP contribution is -2.42. The van der Waals surface area contributed by atoms with Crippen LogP contribution in [0.2, 0.25) is 0 Å². The van der Waals surface area contributed by atoms with Crippen molar-refractivity contribution in [2.45, 2.75) is 51.9 Å². The summed E-state index contributed by atoms with van der Waals surface area (Å²) in [6.07, 6.45) is 9.05. The van der Waals surface area contributed by atoms with Crippen LogP contribution >= 0.6 is 35.3 Å². The third-order valence-electron chi connectivity index (χ3n) is 5.82. The molecule has 1 aliphatic heterocycles. The van der Waals surface area contributed by atoms with E-state index in [2.05, 4.69) is 39.5 Å². The van der Waals surface area contributed by atoms with Gasteiger partial charge in [-0.2, -0.15) is 0 Å². The van der Waals surface area contributed by atoms with E-state index in [0.29, 0.717) is 0 Å². The summed E-state index contributed by atoms with van der Waals surface area (Å²) in [4.78, 5) is 14.0. The number of thiazole rings is 1. The molecule has 0 aromatic carbocycles. The highest BCUT2D eigenvalue weighted by molar-refractivity contribution is 14.0. The Labute approximate surface area is 186 Å². The molecule has 154 valence electrons. The Morgan fingerprint density at radius 3 is 2.67 bits per heavy atom. The fraction of sp³-hybridized carbons (Fsp3) is 0.800. The molecular formula is C20H36IN5S. The van der Waals surface area contributed by atoms with Crippen LogP contribution in [0.25, 0.3) is 0 Å². The van der Waals surface area contributed by atoms with E-state index in [1.54, 1.807) is 11.3 Å². The average molecular weight is 506 g/mol. The first-order valence-corrected chi connectivity index (χ1v) is 11.1. The van der Waals surface area contributed by atoms with Gasteiger partial charge in [0.2, 0.25) is 0 Å². The number of hydrogen-bond donors (Lipinski definition) is 1. The second-order valence-corrected chi connectivity index (χ2v) is 8.88. The molecule has 1 aromatic rings. The molecular weight excluding hydrogens is 469 g/mol. The molecule has 7 heteroatoms. The smallest absolute Gasteiger partial charge is 0.193 e. The van der Waals surface area contributed by atoms with Crippen molar-refractivity contribution in [3.63, 3.8) is 0 Å². The fourth-order valence-corrected chi connectivity index (χ4v) is 5.05. The quantitative estimate of drug-likeness (QED) is 0.357. The molecule has 0 spiro atoms. The highest BCUT2D eigenvalue weighted by Gasteiger charge is 2.20. The van der Waals surface area contributed by atoms with Gasteiger partial charge < -0.3 is 15.1 Å². The van der Waals surface area contributed by atoms with Gasteiger partial charge in [0.25, 0.3) is 0 Å². The number of halogens is 1. The van der Waals surface area contributed by atoms with E-state index in [1.165, 1.54) is 62.4 Å². The number of nitrogens with zero attached hydrogens (tertiary/aromatic N) is 4. The van der Waals surface area contributed by atoms with Gasteiger partial charge in [-0.15, -0.1) is 35.3 Å². The number of aliphatic imine (C=N–C) groups is 1. The number of nitrogens with one attached hydrogen (secondary N) is 1. The molecule has 1 saturated heterocycles. The van der Waals surface area contributed by atoms with Crippen LogP contribution in [-0.2, 0) is 6.42 Å². The zero-order valence-corrected chi connectivity index (χ0v) is 20.3. The van der Waals surface area contributed by atoms with Gasteiger partial charge in [-0.3, -0.25) is 4.99 Å². The van der Waals surface area contributed by atoms with Gasteiger partial charge in [-0.1, -0.05) is 19.8 Å². The minimum atomic E-state index is 0. The number of hydrogen-bond acceptors (Lipinski definition) is 4. The molecule has 3 rings (SSSR count). The monoisotopic (exact) mass is 505 g/mol. The Morgan fingerprint density at radius 1 is 1.30 bits per heavy atom. The number of aromatic nitrogens is 1. The second-order valence-electron chi connectivity index (χ2n) is 8.05. The SMILES string of the molecule is CN=C(NCCc1csc(N2CCCC2)n1)N(C)CC1CCC(C)CC1.I. The lowest BCUT2D eigenvalue weighted by atomic mass is 9.83. The molecule has 1 aliphatic carbocycles. The van der Waals surface area contributed by atoms with Crippen LogP contribution in [0.3, 0.4) is 0 Å². The zero-order chi connectivity index (χ0) is 18.4. The fourth-order valence-electron chi connectivity index (χ4n) is 4.14. The topological polar surface area (TPSA) is 43.8 Å². The van der Waals surface area contributed by atoms with E-state index in [9.17, 15) is 0 Å². The largest absolute Gasteiger partial charge is 0.356 e. The van der Waals surface area contributed by atoms with Gasteiger partial charge in [0, 0.05) is 52.1 Å². The van der Waals surface area contributed by atoms with Crippen LogP contribution in [0.4, 0.5) is 5.13 Å². The Balaban J connectivity index is 0.00000261. The van der Waals surface area contributed by atoms with Gasteiger partial charge in [-0.25, -0.2) is 4.98 Å². The number of guanidine groups is 1. The maximum Gasteiger partial charge on any atom is 0.193 e. The first kappa shape index (κ1) is 22.7. The minimum Gasteiger partial charge on any atom is -0.356 e. The molecule has 1 aromatic heterocycles. The summed E-state index contributed by atoms with van der Waals surface area (Å²) in [5.74, 6) is 2.74. The lowest BCUT2D eigenvalue weighted by molar-refractivity contribution is 0.250. The highest BCUT2D eigenvalue weighted by Crippen LogP contribution is 2.28. The summed E-state index contributed by atoms with van der Waals surface area (Å²) in [5, 5.41) is 6.93. The molecule has 2 aliphatic rings. The lowest BCUT2D eigenvalue weighted by Gasteiger charge is -2.31. The van der Waals surface area contributed by atoms with Crippen molar-refractivity contribution in [3.8, 4) is 0 Å². The predicted molar refractivity (Wildman–Crippen MR) is 128 cm³/mol.